The molecule has 0 unspecified atom stereocenters. The van der Waals surface area contributed by atoms with Crippen LogP contribution in [0.5, 0.6) is 0 Å². The first kappa shape index (κ1) is 16.7. The summed E-state index contributed by atoms with van der Waals surface area (Å²) in [5.74, 6) is 0. The van der Waals surface area contributed by atoms with Crippen LogP contribution in [0.1, 0.15) is 11.1 Å². The van der Waals surface area contributed by atoms with Crippen LogP contribution in [0.3, 0.4) is 0 Å². The number of rotatable bonds is 2. The van der Waals surface area contributed by atoms with Crippen molar-refractivity contribution in [3.05, 3.63) is 54.7 Å². The number of hydrogen-bond acceptors (Lipinski definition) is 3. The fourth-order valence-electron chi connectivity index (χ4n) is 2.48. The molecule has 23 heavy (non-hydrogen) atoms. The molecule has 0 amide bonds. The van der Waals surface area contributed by atoms with E-state index in [1.807, 2.05) is 26.0 Å². The van der Waals surface area contributed by atoms with Crippen LogP contribution in [0.15, 0.2) is 36.4 Å². The van der Waals surface area contributed by atoms with Gasteiger partial charge in [-0.25, -0.2) is 0 Å². The molecule has 3 nitrogen and oxygen atoms in total. The maximum atomic E-state index is 12.7. The third-order valence-electron chi connectivity index (χ3n) is 3.49. The van der Waals surface area contributed by atoms with Gasteiger partial charge < -0.3 is 0 Å². The topological polar surface area (TPSA) is 43.4 Å². The first-order chi connectivity index (χ1) is 10.6. The fraction of sp³-hybridized carbons (Fsp3) is 0.200. The van der Waals surface area contributed by atoms with Gasteiger partial charge in [0, 0.05) is 0 Å². The summed E-state index contributed by atoms with van der Waals surface area (Å²) in [6, 6.07) is 10.5. The molecule has 0 aromatic heterocycles. The third-order valence-corrected chi connectivity index (χ3v) is 10.8. The second-order valence-corrected chi connectivity index (χ2v) is 11.4. The van der Waals surface area contributed by atoms with Crippen LogP contribution in [-0.4, -0.2) is 13.9 Å². The van der Waals surface area contributed by atoms with E-state index < -0.39 is 35.9 Å². The molecule has 0 aliphatic carbocycles. The average Bonchev–Trinajstić information content (AvgIpc) is 2.74. The Labute approximate surface area is 139 Å². The third kappa shape index (κ3) is 2.66. The van der Waals surface area contributed by atoms with Crippen LogP contribution in [0.25, 0.3) is 11.1 Å². The molecular formula is C15H12F3IO3S. The van der Waals surface area contributed by atoms with E-state index in [9.17, 15) is 21.6 Å². The van der Waals surface area contributed by atoms with Crippen molar-refractivity contribution >= 4 is 30.4 Å². The number of aryl methyl sites for hydroxylation is 2. The van der Waals surface area contributed by atoms with Crippen LogP contribution >= 0.6 is 20.2 Å². The Morgan fingerprint density at radius 3 is 1.74 bits per heavy atom. The first-order valence-corrected chi connectivity index (χ1v) is 11.0. The summed E-state index contributed by atoms with van der Waals surface area (Å²) in [6.07, 6.45) is 0. The van der Waals surface area contributed by atoms with Gasteiger partial charge in [-0.3, -0.25) is 0 Å². The van der Waals surface area contributed by atoms with Crippen molar-refractivity contribution in [2.45, 2.75) is 19.4 Å². The summed E-state index contributed by atoms with van der Waals surface area (Å²) >= 11 is -3.18. The molecule has 0 radical (unpaired) electrons. The Morgan fingerprint density at radius 1 is 0.913 bits per heavy atom. The van der Waals surface area contributed by atoms with E-state index in [-0.39, 0.29) is 0 Å². The van der Waals surface area contributed by atoms with E-state index in [2.05, 4.69) is 0 Å². The van der Waals surface area contributed by atoms with E-state index in [1.165, 1.54) is 0 Å². The summed E-state index contributed by atoms with van der Waals surface area (Å²) < 4.78 is 67.0. The van der Waals surface area contributed by atoms with Crippen LogP contribution in [0, 0.1) is 21.0 Å². The van der Waals surface area contributed by atoms with Gasteiger partial charge >= 0.3 is 140 Å². The molecule has 8 heteroatoms. The molecular weight excluding hydrogens is 444 g/mol. The first-order valence-electron chi connectivity index (χ1n) is 6.54. The van der Waals surface area contributed by atoms with E-state index in [4.69, 9.17) is 2.51 Å². The molecule has 124 valence electrons. The van der Waals surface area contributed by atoms with E-state index >= 15 is 0 Å². The molecule has 2 aromatic rings. The summed E-state index contributed by atoms with van der Waals surface area (Å²) in [4.78, 5) is 0. The molecule has 1 heterocycles. The van der Waals surface area contributed by atoms with Crippen LogP contribution < -0.4 is 0 Å². The Bertz CT molecular complexity index is 840. The Morgan fingerprint density at radius 2 is 1.35 bits per heavy atom. The summed E-state index contributed by atoms with van der Waals surface area (Å²) in [5.41, 5.74) is -2.01. The standard InChI is InChI=1S/C15H12F3IO3S/c1-9-5-3-7-11-13(9)14-10(2)6-4-8-12(14)19(11)22-23(20,21)15(16,17)18/h3-8H,1-2H3. The Kier molecular flexibility index (Phi) is 3.96. The van der Waals surface area contributed by atoms with Crippen molar-refractivity contribution in [1.29, 1.82) is 0 Å². The minimum absolute atomic E-state index is 0.589. The molecule has 1 aliphatic rings. The van der Waals surface area contributed by atoms with Crippen molar-refractivity contribution < 1.29 is 24.1 Å². The number of fused-ring (bicyclic) bond motifs is 3. The van der Waals surface area contributed by atoms with Gasteiger partial charge in [-0.2, -0.15) is 0 Å². The molecule has 1 aliphatic heterocycles. The monoisotopic (exact) mass is 456 g/mol. The predicted molar refractivity (Wildman–Crippen MR) is 88.8 cm³/mol. The number of benzene rings is 2. The van der Waals surface area contributed by atoms with Crippen LogP contribution in [0.4, 0.5) is 13.2 Å². The molecule has 0 saturated carbocycles. The van der Waals surface area contributed by atoms with E-state index in [0.717, 1.165) is 22.3 Å². The van der Waals surface area contributed by atoms with Gasteiger partial charge in [0.25, 0.3) is 0 Å². The minimum atomic E-state index is -5.62. The molecule has 0 bridgehead atoms. The van der Waals surface area contributed by atoms with Gasteiger partial charge in [0.05, 0.1) is 0 Å². The zero-order valence-electron chi connectivity index (χ0n) is 12.1. The molecule has 2 aromatic carbocycles. The summed E-state index contributed by atoms with van der Waals surface area (Å²) in [6.45, 7) is 3.71. The Hall–Kier alpha value is -1.13. The van der Waals surface area contributed by atoms with Gasteiger partial charge in [-0.1, -0.05) is 0 Å². The second kappa shape index (κ2) is 5.45. The van der Waals surface area contributed by atoms with Crippen molar-refractivity contribution in [3.63, 3.8) is 0 Å². The number of alkyl halides is 3. The molecule has 3 rings (SSSR count). The predicted octanol–water partition coefficient (Wildman–Crippen LogP) is 4.61. The fourth-order valence-corrected chi connectivity index (χ4v) is 10.1. The van der Waals surface area contributed by atoms with Gasteiger partial charge in [-0.15, -0.1) is 0 Å². The molecule has 0 N–H and O–H groups in total. The van der Waals surface area contributed by atoms with Crippen molar-refractivity contribution in [1.82, 2.24) is 0 Å². The molecule has 0 atom stereocenters. The molecule has 0 saturated heterocycles. The number of halogens is 4. The Balaban J connectivity index is 2.22. The summed E-state index contributed by atoms with van der Waals surface area (Å²) in [7, 11) is -5.62. The SMILES string of the molecule is Cc1cccc2c1-c1c(C)cccc1I2OS(=O)(=O)C(F)(F)F. The van der Waals surface area contributed by atoms with Crippen LogP contribution in [-0.2, 0) is 12.6 Å². The quantitative estimate of drug-likeness (QED) is 0.490. The van der Waals surface area contributed by atoms with Gasteiger partial charge in [0.1, 0.15) is 0 Å². The average molecular weight is 456 g/mol. The van der Waals surface area contributed by atoms with E-state index in [1.54, 1.807) is 24.3 Å². The van der Waals surface area contributed by atoms with Crippen molar-refractivity contribution in [3.8, 4) is 11.1 Å². The summed E-state index contributed by atoms with van der Waals surface area (Å²) in [5, 5.41) is 0. The van der Waals surface area contributed by atoms with Gasteiger partial charge in [0.15, 0.2) is 0 Å². The second-order valence-electron chi connectivity index (χ2n) is 5.08. The van der Waals surface area contributed by atoms with Crippen molar-refractivity contribution in [2.75, 3.05) is 0 Å². The van der Waals surface area contributed by atoms with Crippen LogP contribution in [0.2, 0.25) is 0 Å². The zero-order valence-corrected chi connectivity index (χ0v) is 15.1. The van der Waals surface area contributed by atoms with Gasteiger partial charge in [-0.05, 0) is 0 Å². The van der Waals surface area contributed by atoms with Gasteiger partial charge in [0.2, 0.25) is 0 Å². The van der Waals surface area contributed by atoms with E-state index in [0.29, 0.717) is 7.14 Å². The number of hydrogen-bond donors (Lipinski definition) is 0. The maximum absolute atomic E-state index is 12.7. The zero-order chi connectivity index (χ0) is 17.0. The molecule has 0 fully saturated rings. The normalized spacial score (nSPS) is 15.4. The molecule has 0 spiro atoms. The van der Waals surface area contributed by atoms with Crippen molar-refractivity contribution in [2.24, 2.45) is 0 Å².